The molecular weight excluding hydrogens is 188 g/mol. The van der Waals surface area contributed by atoms with Gasteiger partial charge in [-0.15, -0.1) is 11.6 Å². The van der Waals surface area contributed by atoms with Gasteiger partial charge in [-0.3, -0.25) is 4.79 Å². The van der Waals surface area contributed by atoms with Gasteiger partial charge in [0.15, 0.2) is 0 Å². The first kappa shape index (κ1) is 12.8. The van der Waals surface area contributed by atoms with Gasteiger partial charge in [0.1, 0.15) is 0 Å². The number of hydrogen-bond donors (Lipinski definition) is 1. The highest BCUT2D eigenvalue weighted by Gasteiger charge is 2.09. The first-order chi connectivity index (χ1) is 6.18. The molecule has 0 heterocycles. The van der Waals surface area contributed by atoms with Crippen LogP contribution in [0.25, 0.3) is 0 Å². The topological polar surface area (TPSA) is 37.3 Å². The van der Waals surface area contributed by atoms with Gasteiger partial charge in [-0.05, 0) is 12.8 Å². The number of unbranched alkanes of at least 4 members (excludes halogenated alkanes) is 4. The summed E-state index contributed by atoms with van der Waals surface area (Å²) in [5.74, 6) is -0.125. The maximum atomic E-state index is 10.4. The van der Waals surface area contributed by atoms with Crippen LogP contribution in [0.3, 0.4) is 0 Å². The average Bonchev–Trinajstić information content (AvgIpc) is 2.10. The van der Waals surface area contributed by atoms with Crippen LogP contribution in [-0.4, -0.2) is 17.0 Å². The van der Waals surface area contributed by atoms with Gasteiger partial charge in [0.2, 0.25) is 0 Å². The Morgan fingerprint density at radius 2 is 1.77 bits per heavy atom. The lowest BCUT2D eigenvalue weighted by molar-refractivity contribution is -0.141. The molecule has 0 aliphatic carbocycles. The average molecular weight is 207 g/mol. The lowest BCUT2D eigenvalue weighted by Gasteiger charge is -2.04. The second-order valence-corrected chi connectivity index (χ2v) is 3.86. The maximum Gasteiger partial charge on any atom is 0.306 e. The largest absolute Gasteiger partial charge is 0.481 e. The van der Waals surface area contributed by atoms with Gasteiger partial charge in [-0.1, -0.05) is 32.6 Å². The summed E-state index contributed by atoms with van der Waals surface area (Å²) in [6.07, 6.45) is 6.39. The lowest BCUT2D eigenvalue weighted by Crippen LogP contribution is -2.08. The third-order valence-corrected chi connectivity index (χ3v) is 2.46. The van der Waals surface area contributed by atoms with Crippen molar-refractivity contribution in [2.75, 3.05) is 5.88 Å². The van der Waals surface area contributed by atoms with Crippen LogP contribution in [0.15, 0.2) is 0 Å². The molecular formula is C10H19ClO2. The molecule has 78 valence electrons. The monoisotopic (exact) mass is 206 g/mol. The van der Waals surface area contributed by atoms with Crippen LogP contribution in [0.1, 0.15) is 45.4 Å². The molecule has 0 saturated carbocycles. The Morgan fingerprint density at radius 3 is 2.31 bits per heavy atom. The van der Waals surface area contributed by atoms with E-state index in [1.807, 2.05) is 0 Å². The van der Waals surface area contributed by atoms with Crippen LogP contribution >= 0.6 is 11.6 Å². The van der Waals surface area contributed by atoms with E-state index < -0.39 is 5.97 Å². The van der Waals surface area contributed by atoms with Crippen molar-refractivity contribution in [2.24, 2.45) is 5.92 Å². The Balaban J connectivity index is 3.11. The predicted molar refractivity (Wildman–Crippen MR) is 55.2 cm³/mol. The molecule has 13 heavy (non-hydrogen) atoms. The van der Waals surface area contributed by atoms with Crippen molar-refractivity contribution in [3.8, 4) is 0 Å². The Bertz CT molecular complexity index is 137. The van der Waals surface area contributed by atoms with Crippen LogP contribution in [0, 0.1) is 5.92 Å². The van der Waals surface area contributed by atoms with Crippen LogP contribution in [-0.2, 0) is 4.79 Å². The van der Waals surface area contributed by atoms with E-state index >= 15 is 0 Å². The van der Waals surface area contributed by atoms with Gasteiger partial charge in [-0.25, -0.2) is 0 Å². The van der Waals surface area contributed by atoms with E-state index in [4.69, 9.17) is 16.7 Å². The van der Waals surface area contributed by atoms with E-state index in [1.54, 1.807) is 6.92 Å². The van der Waals surface area contributed by atoms with Crippen LogP contribution in [0.5, 0.6) is 0 Å². The third-order valence-electron chi connectivity index (χ3n) is 2.19. The van der Waals surface area contributed by atoms with Crippen molar-refractivity contribution in [1.29, 1.82) is 0 Å². The van der Waals surface area contributed by atoms with Gasteiger partial charge in [0.25, 0.3) is 0 Å². The molecule has 0 aromatic heterocycles. The number of carbonyl (C=O) groups is 1. The van der Waals surface area contributed by atoms with Gasteiger partial charge >= 0.3 is 5.97 Å². The molecule has 0 rings (SSSR count). The number of hydrogen-bond acceptors (Lipinski definition) is 1. The Labute approximate surface area is 85.3 Å². The summed E-state index contributed by atoms with van der Waals surface area (Å²) < 4.78 is 0. The van der Waals surface area contributed by atoms with Gasteiger partial charge in [0.05, 0.1) is 5.92 Å². The molecule has 1 N–H and O–H groups in total. The molecule has 2 nitrogen and oxygen atoms in total. The van der Waals surface area contributed by atoms with Crippen LogP contribution in [0.2, 0.25) is 0 Å². The highest BCUT2D eigenvalue weighted by Crippen LogP contribution is 2.11. The Morgan fingerprint density at radius 1 is 1.23 bits per heavy atom. The fraction of sp³-hybridized carbons (Fsp3) is 0.900. The zero-order valence-electron chi connectivity index (χ0n) is 8.26. The minimum atomic E-state index is -0.680. The van der Waals surface area contributed by atoms with E-state index in [9.17, 15) is 4.79 Å². The molecule has 1 atom stereocenters. The van der Waals surface area contributed by atoms with E-state index in [2.05, 4.69) is 0 Å². The van der Waals surface area contributed by atoms with Gasteiger partial charge in [-0.2, -0.15) is 0 Å². The normalized spacial score (nSPS) is 12.8. The lowest BCUT2D eigenvalue weighted by atomic mass is 10.0. The highest BCUT2D eigenvalue weighted by atomic mass is 35.5. The number of carboxylic acid groups (broad SMARTS) is 1. The smallest absolute Gasteiger partial charge is 0.306 e. The summed E-state index contributed by atoms with van der Waals surface area (Å²) in [5.41, 5.74) is 0. The van der Waals surface area contributed by atoms with E-state index in [0.717, 1.165) is 31.6 Å². The van der Waals surface area contributed by atoms with Crippen molar-refractivity contribution < 1.29 is 9.90 Å². The molecule has 0 aromatic carbocycles. The van der Waals surface area contributed by atoms with E-state index in [-0.39, 0.29) is 5.92 Å². The minimum absolute atomic E-state index is 0.187. The molecule has 1 unspecified atom stereocenters. The Kier molecular flexibility index (Phi) is 8.21. The fourth-order valence-corrected chi connectivity index (χ4v) is 1.39. The summed E-state index contributed by atoms with van der Waals surface area (Å²) in [5, 5.41) is 8.61. The molecule has 3 heteroatoms. The summed E-state index contributed by atoms with van der Waals surface area (Å²) in [6, 6.07) is 0. The first-order valence-corrected chi connectivity index (χ1v) is 5.50. The van der Waals surface area contributed by atoms with Crippen molar-refractivity contribution >= 4 is 17.6 Å². The fourth-order valence-electron chi connectivity index (χ4n) is 1.20. The second kappa shape index (κ2) is 8.36. The molecule has 0 bridgehead atoms. The van der Waals surface area contributed by atoms with Crippen molar-refractivity contribution in [1.82, 2.24) is 0 Å². The minimum Gasteiger partial charge on any atom is -0.481 e. The summed E-state index contributed by atoms with van der Waals surface area (Å²) in [4.78, 5) is 10.4. The zero-order valence-corrected chi connectivity index (χ0v) is 9.02. The molecule has 0 amide bonds. The van der Waals surface area contributed by atoms with Crippen LogP contribution in [0.4, 0.5) is 0 Å². The number of aliphatic carboxylic acids is 1. The summed E-state index contributed by atoms with van der Waals surface area (Å²) in [6.45, 7) is 1.76. The number of alkyl halides is 1. The summed E-state index contributed by atoms with van der Waals surface area (Å²) >= 11 is 5.53. The van der Waals surface area contributed by atoms with E-state index in [1.165, 1.54) is 12.8 Å². The van der Waals surface area contributed by atoms with Crippen LogP contribution < -0.4 is 0 Å². The second-order valence-electron chi connectivity index (χ2n) is 3.48. The standard InChI is InChI=1S/C10H19ClO2/c1-9(10(12)13)7-5-3-2-4-6-8-11/h9H,2-8H2,1H3,(H,12,13). The summed E-state index contributed by atoms with van der Waals surface area (Å²) in [7, 11) is 0. The number of rotatable bonds is 8. The van der Waals surface area contributed by atoms with Crippen molar-refractivity contribution in [2.45, 2.75) is 45.4 Å². The third kappa shape index (κ3) is 8.10. The zero-order chi connectivity index (χ0) is 10.1. The molecule has 0 aliphatic heterocycles. The predicted octanol–water partition coefficient (Wildman–Crippen LogP) is 3.29. The molecule has 0 fully saturated rings. The SMILES string of the molecule is CC(CCCCCCCCl)C(=O)O. The Hall–Kier alpha value is -0.240. The maximum absolute atomic E-state index is 10.4. The van der Waals surface area contributed by atoms with Gasteiger partial charge in [0, 0.05) is 5.88 Å². The van der Waals surface area contributed by atoms with E-state index in [0.29, 0.717) is 0 Å². The molecule has 0 spiro atoms. The number of carboxylic acids is 1. The van der Waals surface area contributed by atoms with Crippen molar-refractivity contribution in [3.63, 3.8) is 0 Å². The molecule has 0 aromatic rings. The number of halogens is 1. The van der Waals surface area contributed by atoms with Gasteiger partial charge < -0.3 is 5.11 Å². The molecule has 0 radical (unpaired) electrons. The first-order valence-electron chi connectivity index (χ1n) is 4.97. The molecule has 0 aliphatic rings. The quantitative estimate of drug-likeness (QED) is 0.489. The van der Waals surface area contributed by atoms with Crippen molar-refractivity contribution in [3.05, 3.63) is 0 Å². The highest BCUT2D eigenvalue weighted by molar-refractivity contribution is 6.17. The molecule has 0 saturated heterocycles.